The van der Waals surface area contributed by atoms with Crippen LogP contribution >= 0.6 is 0 Å². The van der Waals surface area contributed by atoms with Gasteiger partial charge in [-0.3, -0.25) is 4.84 Å². The van der Waals surface area contributed by atoms with Gasteiger partial charge in [0.2, 0.25) is 0 Å². The molecule has 0 radical (unpaired) electrons. The van der Waals surface area contributed by atoms with Gasteiger partial charge < -0.3 is 5.73 Å². The van der Waals surface area contributed by atoms with Crippen LogP contribution in [0.15, 0.2) is 24.3 Å². The number of hydroxylamine groups is 2. The average molecular weight is 210 g/mol. The van der Waals surface area contributed by atoms with Crippen molar-refractivity contribution in [2.45, 2.75) is 12.5 Å². The van der Waals surface area contributed by atoms with Gasteiger partial charge in [0, 0.05) is 6.42 Å². The van der Waals surface area contributed by atoms with Crippen molar-refractivity contribution < 1.29 is 14.0 Å². The van der Waals surface area contributed by atoms with Crippen molar-refractivity contribution in [2.24, 2.45) is 5.73 Å². The van der Waals surface area contributed by atoms with E-state index in [0.29, 0.717) is 18.6 Å². The van der Waals surface area contributed by atoms with E-state index in [1.54, 1.807) is 12.1 Å². The molecule has 1 aliphatic rings. The van der Waals surface area contributed by atoms with Gasteiger partial charge in [-0.15, -0.1) is 0 Å². The van der Waals surface area contributed by atoms with Crippen molar-refractivity contribution in [1.29, 1.82) is 0 Å². The highest BCUT2D eigenvalue weighted by molar-refractivity contribution is 5.71. The third-order valence-corrected chi connectivity index (χ3v) is 2.36. The van der Waals surface area contributed by atoms with Crippen LogP contribution in [0.2, 0.25) is 0 Å². The molecule has 0 bridgehead atoms. The Balaban J connectivity index is 2.26. The Morgan fingerprint density at radius 2 is 2.40 bits per heavy atom. The van der Waals surface area contributed by atoms with Crippen LogP contribution in [0, 0.1) is 5.82 Å². The minimum atomic E-state index is -0.651. The summed E-state index contributed by atoms with van der Waals surface area (Å²) in [6.07, 6.45) is 0.631. The number of hydrogen-bond acceptors (Lipinski definition) is 2. The molecule has 1 fully saturated rings. The lowest BCUT2D eigenvalue weighted by molar-refractivity contribution is -0.0847. The van der Waals surface area contributed by atoms with Crippen LogP contribution in [0.5, 0.6) is 0 Å². The van der Waals surface area contributed by atoms with Crippen molar-refractivity contribution in [2.75, 3.05) is 6.61 Å². The van der Waals surface area contributed by atoms with Crippen molar-refractivity contribution in [3.05, 3.63) is 35.6 Å². The van der Waals surface area contributed by atoms with Gasteiger partial charge in [-0.05, 0) is 17.7 Å². The summed E-state index contributed by atoms with van der Waals surface area (Å²) in [5.74, 6) is -0.330. The molecule has 1 saturated heterocycles. The molecule has 2 rings (SSSR count). The zero-order valence-corrected chi connectivity index (χ0v) is 8.02. The summed E-state index contributed by atoms with van der Waals surface area (Å²) in [5.41, 5.74) is 5.83. The topological polar surface area (TPSA) is 55.6 Å². The van der Waals surface area contributed by atoms with E-state index in [0.717, 1.165) is 5.06 Å². The Labute approximate surface area is 86.4 Å². The summed E-state index contributed by atoms with van der Waals surface area (Å²) >= 11 is 0. The molecule has 1 aromatic carbocycles. The van der Waals surface area contributed by atoms with E-state index in [2.05, 4.69) is 0 Å². The van der Waals surface area contributed by atoms with Crippen LogP contribution < -0.4 is 5.73 Å². The molecular weight excluding hydrogens is 199 g/mol. The summed E-state index contributed by atoms with van der Waals surface area (Å²) in [7, 11) is 0. The van der Waals surface area contributed by atoms with E-state index in [4.69, 9.17) is 10.6 Å². The Kier molecular flexibility index (Phi) is 2.55. The molecule has 0 aromatic heterocycles. The number of urea groups is 1. The molecule has 80 valence electrons. The van der Waals surface area contributed by atoms with Crippen LogP contribution in [-0.4, -0.2) is 17.7 Å². The standard InChI is InChI=1S/C10H11FN2O2/c11-8-3-1-2-7(6-8)9-4-5-15-13(9)10(12)14/h1-3,6,9H,4-5H2,(H2,12,14). The number of carbonyl (C=O) groups is 1. The fourth-order valence-corrected chi connectivity index (χ4v) is 1.70. The first-order chi connectivity index (χ1) is 7.18. The number of benzene rings is 1. The van der Waals surface area contributed by atoms with Crippen LogP contribution in [-0.2, 0) is 4.84 Å². The maximum absolute atomic E-state index is 13.0. The largest absolute Gasteiger partial charge is 0.350 e. The smallest absolute Gasteiger partial charge is 0.339 e. The molecule has 2 N–H and O–H groups in total. The number of halogens is 1. The van der Waals surface area contributed by atoms with Gasteiger partial charge in [0.15, 0.2) is 0 Å². The average Bonchev–Trinajstić information content (AvgIpc) is 2.65. The summed E-state index contributed by atoms with van der Waals surface area (Å²) in [6, 6.07) is 5.16. The number of amides is 2. The van der Waals surface area contributed by atoms with Crippen LogP contribution in [0.1, 0.15) is 18.0 Å². The predicted octanol–water partition coefficient (Wildman–Crippen LogP) is 1.58. The first kappa shape index (κ1) is 9.92. The van der Waals surface area contributed by atoms with Crippen molar-refractivity contribution in [3.8, 4) is 0 Å². The van der Waals surface area contributed by atoms with Gasteiger partial charge in [-0.1, -0.05) is 12.1 Å². The van der Waals surface area contributed by atoms with Gasteiger partial charge in [0.25, 0.3) is 0 Å². The first-order valence-corrected chi connectivity index (χ1v) is 4.65. The highest BCUT2D eigenvalue weighted by Gasteiger charge is 2.30. The van der Waals surface area contributed by atoms with Gasteiger partial charge in [0.05, 0.1) is 12.6 Å². The number of primary amides is 1. The number of nitrogens with zero attached hydrogens (tertiary/aromatic N) is 1. The highest BCUT2D eigenvalue weighted by Crippen LogP contribution is 2.29. The van der Waals surface area contributed by atoms with Crippen LogP contribution in [0.3, 0.4) is 0 Å². The highest BCUT2D eigenvalue weighted by atomic mass is 19.1. The third-order valence-electron chi connectivity index (χ3n) is 2.36. The molecule has 1 unspecified atom stereocenters. The zero-order chi connectivity index (χ0) is 10.8. The van der Waals surface area contributed by atoms with E-state index < -0.39 is 6.03 Å². The molecule has 1 heterocycles. The van der Waals surface area contributed by atoms with E-state index in [1.165, 1.54) is 12.1 Å². The lowest BCUT2D eigenvalue weighted by Gasteiger charge is -2.20. The van der Waals surface area contributed by atoms with Gasteiger partial charge in [-0.25, -0.2) is 9.18 Å². The Morgan fingerprint density at radius 3 is 3.07 bits per heavy atom. The predicted molar refractivity (Wildman–Crippen MR) is 51.1 cm³/mol. The lowest BCUT2D eigenvalue weighted by Crippen LogP contribution is -2.34. The summed E-state index contributed by atoms with van der Waals surface area (Å²) in [4.78, 5) is 16.1. The molecule has 1 aromatic rings. The fraction of sp³-hybridized carbons (Fsp3) is 0.300. The summed E-state index contributed by atoms with van der Waals surface area (Å²) in [6.45, 7) is 0.421. The minimum Gasteiger partial charge on any atom is -0.350 e. The second-order valence-corrected chi connectivity index (χ2v) is 3.36. The SMILES string of the molecule is NC(=O)N1OCCC1c1cccc(F)c1. The first-order valence-electron chi connectivity index (χ1n) is 4.65. The monoisotopic (exact) mass is 210 g/mol. The van der Waals surface area contributed by atoms with Crippen molar-refractivity contribution in [3.63, 3.8) is 0 Å². The number of hydrogen-bond donors (Lipinski definition) is 1. The molecular formula is C10H11FN2O2. The van der Waals surface area contributed by atoms with E-state index in [1.807, 2.05) is 0 Å². The van der Waals surface area contributed by atoms with Gasteiger partial charge in [0.1, 0.15) is 5.82 Å². The maximum atomic E-state index is 13.0. The Morgan fingerprint density at radius 1 is 1.60 bits per heavy atom. The number of nitrogens with two attached hydrogens (primary N) is 1. The van der Waals surface area contributed by atoms with Gasteiger partial charge >= 0.3 is 6.03 Å². The van der Waals surface area contributed by atoms with E-state index in [-0.39, 0.29) is 11.9 Å². The quantitative estimate of drug-likeness (QED) is 0.765. The molecule has 5 heteroatoms. The normalized spacial score (nSPS) is 20.6. The third kappa shape index (κ3) is 1.92. The molecule has 0 spiro atoms. The summed E-state index contributed by atoms with van der Waals surface area (Å²) < 4.78 is 13.0. The van der Waals surface area contributed by atoms with E-state index in [9.17, 15) is 9.18 Å². The van der Waals surface area contributed by atoms with Crippen LogP contribution in [0.25, 0.3) is 0 Å². The fourth-order valence-electron chi connectivity index (χ4n) is 1.70. The second-order valence-electron chi connectivity index (χ2n) is 3.36. The number of carbonyl (C=O) groups excluding carboxylic acids is 1. The molecule has 15 heavy (non-hydrogen) atoms. The molecule has 1 atom stereocenters. The summed E-state index contributed by atoms with van der Waals surface area (Å²) in [5, 5.41) is 1.09. The minimum absolute atomic E-state index is 0.279. The Hall–Kier alpha value is -1.62. The second kappa shape index (κ2) is 3.86. The van der Waals surface area contributed by atoms with E-state index >= 15 is 0 Å². The van der Waals surface area contributed by atoms with Crippen molar-refractivity contribution in [1.82, 2.24) is 5.06 Å². The van der Waals surface area contributed by atoms with Crippen molar-refractivity contribution >= 4 is 6.03 Å². The molecule has 4 nitrogen and oxygen atoms in total. The Bertz CT molecular complexity index is 383. The maximum Gasteiger partial charge on any atom is 0.339 e. The van der Waals surface area contributed by atoms with Gasteiger partial charge in [-0.2, -0.15) is 5.06 Å². The molecule has 1 aliphatic heterocycles. The lowest BCUT2D eigenvalue weighted by atomic mass is 10.0. The zero-order valence-electron chi connectivity index (χ0n) is 8.02. The van der Waals surface area contributed by atoms with Crippen LogP contribution in [0.4, 0.5) is 9.18 Å². The molecule has 0 saturated carbocycles. The molecule has 2 amide bonds. The molecule has 0 aliphatic carbocycles. The number of rotatable bonds is 1.